The maximum absolute atomic E-state index is 11.0. The summed E-state index contributed by atoms with van der Waals surface area (Å²) in [6.07, 6.45) is 2.34. The number of pyridine rings is 1. The highest BCUT2D eigenvalue weighted by Crippen LogP contribution is 2.30. The first-order valence-corrected chi connectivity index (χ1v) is 6.20. The van der Waals surface area contributed by atoms with E-state index >= 15 is 0 Å². The summed E-state index contributed by atoms with van der Waals surface area (Å²) < 4.78 is 0. The Morgan fingerprint density at radius 2 is 2.21 bits per heavy atom. The highest BCUT2D eigenvalue weighted by molar-refractivity contribution is 5.93. The van der Waals surface area contributed by atoms with Gasteiger partial charge >= 0.3 is 5.97 Å². The van der Waals surface area contributed by atoms with Crippen molar-refractivity contribution >= 4 is 22.6 Å². The third-order valence-corrected chi connectivity index (χ3v) is 3.57. The lowest BCUT2D eigenvalue weighted by Gasteiger charge is -2.18. The Bertz CT molecular complexity index is 642. The van der Waals surface area contributed by atoms with E-state index in [2.05, 4.69) is 4.98 Å². The molecule has 2 aromatic rings. The summed E-state index contributed by atoms with van der Waals surface area (Å²) in [5.74, 6) is -0.159. The Hall–Kier alpha value is -2.30. The number of aliphatic carboxylic acids is 1. The number of anilines is 1. The van der Waals surface area contributed by atoms with Crippen molar-refractivity contribution in [3.63, 3.8) is 0 Å². The van der Waals surface area contributed by atoms with Gasteiger partial charge in [0.15, 0.2) is 0 Å². The van der Waals surface area contributed by atoms with Crippen LogP contribution in [0.1, 0.15) is 6.42 Å². The van der Waals surface area contributed by atoms with Crippen molar-refractivity contribution in [1.29, 1.82) is 0 Å². The molecule has 1 fully saturated rings. The zero-order chi connectivity index (χ0) is 13.4. The molecule has 1 unspecified atom stereocenters. The normalized spacial score (nSPS) is 18.9. The van der Waals surface area contributed by atoms with Gasteiger partial charge in [0.25, 0.3) is 0 Å². The number of aromatic hydroxyl groups is 1. The maximum atomic E-state index is 11.0. The molecule has 1 aromatic heterocycles. The lowest BCUT2D eigenvalue weighted by molar-refractivity contribution is -0.140. The quantitative estimate of drug-likeness (QED) is 0.860. The first-order chi connectivity index (χ1) is 9.15. The van der Waals surface area contributed by atoms with Crippen LogP contribution < -0.4 is 4.90 Å². The van der Waals surface area contributed by atoms with E-state index in [1.54, 1.807) is 18.3 Å². The van der Waals surface area contributed by atoms with Crippen molar-refractivity contribution in [3.05, 3.63) is 30.5 Å². The fourth-order valence-electron chi connectivity index (χ4n) is 2.55. The van der Waals surface area contributed by atoms with Crippen molar-refractivity contribution in [2.75, 3.05) is 18.0 Å². The van der Waals surface area contributed by atoms with Gasteiger partial charge in [-0.25, -0.2) is 4.98 Å². The highest BCUT2D eigenvalue weighted by atomic mass is 16.4. The van der Waals surface area contributed by atoms with Gasteiger partial charge in [-0.15, -0.1) is 0 Å². The molecule has 0 saturated carbocycles. The van der Waals surface area contributed by atoms with Crippen LogP contribution in [-0.4, -0.2) is 34.3 Å². The Morgan fingerprint density at radius 1 is 1.37 bits per heavy atom. The molecule has 5 heteroatoms. The summed E-state index contributed by atoms with van der Waals surface area (Å²) in [6, 6.07) is 7.02. The van der Waals surface area contributed by atoms with Gasteiger partial charge in [0, 0.05) is 24.7 Å². The van der Waals surface area contributed by atoms with Crippen molar-refractivity contribution in [2.24, 2.45) is 5.92 Å². The largest absolute Gasteiger partial charge is 0.508 e. The van der Waals surface area contributed by atoms with Gasteiger partial charge in [0.2, 0.25) is 0 Å². The van der Waals surface area contributed by atoms with Gasteiger partial charge in [-0.1, -0.05) is 6.07 Å². The molecule has 98 valence electrons. The molecule has 19 heavy (non-hydrogen) atoms. The minimum Gasteiger partial charge on any atom is -0.508 e. The van der Waals surface area contributed by atoms with Crippen LogP contribution in [0.15, 0.2) is 30.5 Å². The molecule has 1 saturated heterocycles. The number of aromatic nitrogens is 1. The number of rotatable bonds is 2. The number of nitrogens with zero attached hydrogens (tertiary/aromatic N) is 2. The van der Waals surface area contributed by atoms with Crippen LogP contribution in [0.4, 0.5) is 5.82 Å². The van der Waals surface area contributed by atoms with E-state index in [-0.39, 0.29) is 11.7 Å². The van der Waals surface area contributed by atoms with E-state index in [0.717, 1.165) is 16.6 Å². The van der Waals surface area contributed by atoms with E-state index in [9.17, 15) is 9.90 Å². The van der Waals surface area contributed by atoms with E-state index in [0.29, 0.717) is 19.5 Å². The third-order valence-electron chi connectivity index (χ3n) is 3.57. The van der Waals surface area contributed by atoms with Gasteiger partial charge in [-0.2, -0.15) is 0 Å². The molecule has 1 aliphatic rings. The number of benzene rings is 1. The predicted molar refractivity (Wildman–Crippen MR) is 71.4 cm³/mol. The van der Waals surface area contributed by atoms with E-state index in [1.165, 1.54) is 0 Å². The van der Waals surface area contributed by atoms with Gasteiger partial charge in [0.1, 0.15) is 11.6 Å². The molecule has 1 aliphatic heterocycles. The number of fused-ring (bicyclic) bond motifs is 1. The monoisotopic (exact) mass is 258 g/mol. The molecule has 1 aromatic carbocycles. The Morgan fingerprint density at radius 3 is 2.95 bits per heavy atom. The number of hydrogen-bond donors (Lipinski definition) is 2. The number of carboxylic acid groups (broad SMARTS) is 1. The predicted octanol–water partition coefficient (Wildman–Crippen LogP) is 1.85. The SMILES string of the molecule is O=C(O)C1CCN(c2nccc3ccc(O)cc23)C1. The molecule has 0 aliphatic carbocycles. The molecule has 2 heterocycles. The second-order valence-corrected chi connectivity index (χ2v) is 4.81. The Kier molecular flexibility index (Phi) is 2.74. The molecule has 1 atom stereocenters. The van der Waals surface area contributed by atoms with Crippen LogP contribution >= 0.6 is 0 Å². The van der Waals surface area contributed by atoms with Crippen molar-refractivity contribution in [1.82, 2.24) is 4.98 Å². The standard InChI is InChI=1S/C14H14N2O3/c17-11-2-1-9-3-5-15-13(12(9)7-11)16-6-4-10(8-16)14(18)19/h1-3,5,7,10,17H,4,6,8H2,(H,18,19). The zero-order valence-corrected chi connectivity index (χ0v) is 10.3. The first kappa shape index (κ1) is 11.8. The summed E-state index contributed by atoms with van der Waals surface area (Å²) in [4.78, 5) is 17.3. The van der Waals surface area contributed by atoms with Crippen molar-refractivity contribution in [2.45, 2.75) is 6.42 Å². The summed E-state index contributed by atoms with van der Waals surface area (Å²) >= 11 is 0. The van der Waals surface area contributed by atoms with E-state index in [4.69, 9.17) is 5.11 Å². The second-order valence-electron chi connectivity index (χ2n) is 4.81. The molecule has 0 radical (unpaired) electrons. The van der Waals surface area contributed by atoms with Crippen LogP contribution in [0.25, 0.3) is 10.8 Å². The van der Waals surface area contributed by atoms with E-state index in [1.807, 2.05) is 17.0 Å². The molecule has 3 rings (SSSR count). The highest BCUT2D eigenvalue weighted by Gasteiger charge is 2.29. The third kappa shape index (κ3) is 2.07. The summed E-state index contributed by atoms with van der Waals surface area (Å²) in [5, 5.41) is 20.5. The number of phenols is 1. The molecular weight excluding hydrogens is 244 g/mol. The molecule has 0 spiro atoms. The molecular formula is C14H14N2O3. The average molecular weight is 258 g/mol. The molecule has 0 amide bonds. The van der Waals surface area contributed by atoms with E-state index < -0.39 is 5.97 Å². The van der Waals surface area contributed by atoms with Gasteiger partial charge < -0.3 is 15.1 Å². The zero-order valence-electron chi connectivity index (χ0n) is 10.3. The van der Waals surface area contributed by atoms with Crippen molar-refractivity contribution in [3.8, 4) is 5.75 Å². The van der Waals surface area contributed by atoms with Crippen LogP contribution in [0, 0.1) is 5.92 Å². The summed E-state index contributed by atoms with van der Waals surface area (Å²) in [6.45, 7) is 1.15. The topological polar surface area (TPSA) is 73.7 Å². The number of phenolic OH excluding ortho intramolecular Hbond substituents is 1. The van der Waals surface area contributed by atoms with Gasteiger partial charge in [-0.3, -0.25) is 4.79 Å². The minimum absolute atomic E-state index is 0.190. The lowest BCUT2D eigenvalue weighted by Crippen LogP contribution is -2.23. The number of carboxylic acids is 1. The van der Waals surface area contributed by atoms with Crippen LogP contribution in [0.2, 0.25) is 0 Å². The van der Waals surface area contributed by atoms with Gasteiger partial charge in [0.05, 0.1) is 5.92 Å². The Labute approximate surface area is 110 Å². The van der Waals surface area contributed by atoms with Crippen LogP contribution in [-0.2, 0) is 4.79 Å². The fraction of sp³-hybridized carbons (Fsp3) is 0.286. The smallest absolute Gasteiger partial charge is 0.308 e. The molecule has 2 N–H and O–H groups in total. The fourth-order valence-corrected chi connectivity index (χ4v) is 2.55. The Balaban J connectivity index is 2.01. The first-order valence-electron chi connectivity index (χ1n) is 6.20. The number of carbonyl (C=O) groups is 1. The van der Waals surface area contributed by atoms with Gasteiger partial charge in [-0.05, 0) is 30.0 Å². The lowest BCUT2D eigenvalue weighted by atomic mass is 10.1. The molecule has 0 bridgehead atoms. The molecule has 5 nitrogen and oxygen atoms in total. The van der Waals surface area contributed by atoms with Crippen LogP contribution in [0.5, 0.6) is 5.75 Å². The summed E-state index contributed by atoms with van der Waals surface area (Å²) in [7, 11) is 0. The van der Waals surface area contributed by atoms with Crippen molar-refractivity contribution < 1.29 is 15.0 Å². The maximum Gasteiger partial charge on any atom is 0.308 e. The summed E-state index contributed by atoms with van der Waals surface area (Å²) in [5.41, 5.74) is 0. The number of hydrogen-bond acceptors (Lipinski definition) is 4. The second kappa shape index (κ2) is 4.42. The average Bonchev–Trinajstić information content (AvgIpc) is 2.87. The minimum atomic E-state index is -0.759. The van der Waals surface area contributed by atoms with Crippen LogP contribution in [0.3, 0.4) is 0 Å².